The Morgan fingerprint density at radius 2 is 2.25 bits per heavy atom. The highest BCUT2D eigenvalue weighted by molar-refractivity contribution is 9.10. The van der Waals surface area contributed by atoms with E-state index in [0.717, 1.165) is 0 Å². The van der Waals surface area contributed by atoms with Crippen LogP contribution in [0.25, 0.3) is 6.08 Å². The van der Waals surface area contributed by atoms with E-state index in [1.165, 1.54) is 13.1 Å². The van der Waals surface area contributed by atoms with E-state index in [-0.39, 0.29) is 5.57 Å². The quantitative estimate of drug-likeness (QED) is 0.661. The summed E-state index contributed by atoms with van der Waals surface area (Å²) >= 11 is 3.38. The van der Waals surface area contributed by atoms with Gasteiger partial charge in [0, 0.05) is 7.05 Å². The van der Waals surface area contributed by atoms with E-state index >= 15 is 0 Å². The van der Waals surface area contributed by atoms with Gasteiger partial charge in [-0.15, -0.1) is 0 Å². The lowest BCUT2D eigenvalue weighted by molar-refractivity contribution is -0.116. The maximum absolute atomic E-state index is 11.5. The molecule has 6 heteroatoms. The van der Waals surface area contributed by atoms with Crippen molar-refractivity contribution in [3.05, 3.63) is 27.7 Å². The van der Waals surface area contributed by atoms with Crippen LogP contribution in [0.1, 0.15) is 12.5 Å². The summed E-state index contributed by atoms with van der Waals surface area (Å²) < 4.78 is 11.4. The average Bonchev–Trinajstić information content (AvgIpc) is 2.44. The highest BCUT2D eigenvalue weighted by atomic mass is 79.9. The number of nitrogens with one attached hydrogen (secondary N) is 1. The van der Waals surface area contributed by atoms with Crippen LogP contribution in [-0.2, 0) is 4.79 Å². The maximum atomic E-state index is 11.5. The first-order chi connectivity index (χ1) is 9.57. The lowest BCUT2D eigenvalue weighted by Gasteiger charge is -2.12. The molecule has 0 aliphatic rings. The van der Waals surface area contributed by atoms with Crippen LogP contribution in [0.4, 0.5) is 0 Å². The van der Waals surface area contributed by atoms with Crippen LogP contribution in [0.15, 0.2) is 22.2 Å². The van der Waals surface area contributed by atoms with Gasteiger partial charge < -0.3 is 14.8 Å². The Labute approximate surface area is 126 Å². The molecular formula is C14H15BrN2O3. The number of nitriles is 1. The molecule has 0 aliphatic heterocycles. The molecule has 1 N–H and O–H groups in total. The molecule has 0 bridgehead atoms. The van der Waals surface area contributed by atoms with Gasteiger partial charge in [0.25, 0.3) is 5.91 Å². The average molecular weight is 339 g/mol. The van der Waals surface area contributed by atoms with Gasteiger partial charge in [0.15, 0.2) is 11.5 Å². The first-order valence-electron chi connectivity index (χ1n) is 5.91. The third-order valence-electron chi connectivity index (χ3n) is 2.44. The van der Waals surface area contributed by atoms with Crippen molar-refractivity contribution in [2.24, 2.45) is 0 Å². The number of carbonyl (C=O) groups excluding carboxylic acids is 1. The molecule has 0 unspecified atom stereocenters. The minimum Gasteiger partial charge on any atom is -0.492 e. The minimum absolute atomic E-state index is 0.0204. The van der Waals surface area contributed by atoms with Crippen molar-refractivity contribution in [3.8, 4) is 17.6 Å². The predicted molar refractivity (Wildman–Crippen MR) is 79.5 cm³/mol. The van der Waals surface area contributed by atoms with Crippen molar-refractivity contribution in [3.63, 3.8) is 0 Å². The highest BCUT2D eigenvalue weighted by Gasteiger charge is 2.12. The number of likely N-dealkylation sites (N-methyl/N-ethyl adjacent to an activating group) is 1. The van der Waals surface area contributed by atoms with Gasteiger partial charge in [0.05, 0.1) is 18.2 Å². The number of hydrogen-bond acceptors (Lipinski definition) is 4. The molecule has 0 radical (unpaired) electrons. The van der Waals surface area contributed by atoms with Crippen molar-refractivity contribution in [1.82, 2.24) is 5.32 Å². The van der Waals surface area contributed by atoms with Crippen LogP contribution >= 0.6 is 15.9 Å². The molecule has 20 heavy (non-hydrogen) atoms. The summed E-state index contributed by atoms with van der Waals surface area (Å²) in [5, 5.41) is 11.4. The van der Waals surface area contributed by atoms with Gasteiger partial charge in [-0.1, -0.05) is 0 Å². The molecule has 0 atom stereocenters. The Hall–Kier alpha value is -2.00. The van der Waals surface area contributed by atoms with Gasteiger partial charge in [-0.25, -0.2) is 0 Å². The van der Waals surface area contributed by atoms with E-state index in [4.69, 9.17) is 14.7 Å². The van der Waals surface area contributed by atoms with Crippen molar-refractivity contribution < 1.29 is 14.3 Å². The van der Waals surface area contributed by atoms with E-state index in [1.807, 2.05) is 13.0 Å². The molecule has 0 aromatic heterocycles. The van der Waals surface area contributed by atoms with Crippen LogP contribution in [0.2, 0.25) is 0 Å². The van der Waals surface area contributed by atoms with Crippen LogP contribution in [0.3, 0.4) is 0 Å². The van der Waals surface area contributed by atoms with Crippen LogP contribution < -0.4 is 14.8 Å². The van der Waals surface area contributed by atoms with Gasteiger partial charge in [-0.3, -0.25) is 4.79 Å². The summed E-state index contributed by atoms with van der Waals surface area (Å²) in [6.07, 6.45) is 1.49. The van der Waals surface area contributed by atoms with Gasteiger partial charge >= 0.3 is 0 Å². The standard InChI is InChI=1S/C14H15BrN2O3/c1-4-20-12-7-9(6-11(15)13(12)19-3)5-10(8-16)14(18)17-2/h5-7H,4H2,1-3H3,(H,17,18)/b10-5+. The molecule has 0 heterocycles. The van der Waals surface area contributed by atoms with E-state index in [9.17, 15) is 4.79 Å². The summed E-state index contributed by atoms with van der Waals surface area (Å²) in [5.41, 5.74) is 0.688. The Morgan fingerprint density at radius 1 is 1.55 bits per heavy atom. The second kappa shape index (κ2) is 7.56. The molecule has 0 fully saturated rings. The number of benzene rings is 1. The SMILES string of the molecule is CCOc1cc(/C=C(\C#N)C(=O)NC)cc(Br)c1OC. The molecular weight excluding hydrogens is 324 g/mol. The lowest BCUT2D eigenvalue weighted by Crippen LogP contribution is -2.19. The molecule has 0 spiro atoms. The van der Waals surface area contributed by atoms with Gasteiger partial charge in [0.2, 0.25) is 0 Å². The second-order valence-electron chi connectivity index (χ2n) is 3.72. The third kappa shape index (κ3) is 3.75. The summed E-state index contributed by atoms with van der Waals surface area (Å²) in [6, 6.07) is 5.33. The van der Waals surface area contributed by atoms with Crippen LogP contribution in [0, 0.1) is 11.3 Å². The molecule has 0 aliphatic carbocycles. The lowest BCUT2D eigenvalue weighted by atomic mass is 10.1. The summed E-state index contributed by atoms with van der Waals surface area (Å²) in [4.78, 5) is 11.5. The van der Waals surface area contributed by atoms with Gasteiger partial charge in [0.1, 0.15) is 11.6 Å². The predicted octanol–water partition coefficient (Wildman–Crippen LogP) is 2.51. The fourth-order valence-corrected chi connectivity index (χ4v) is 2.20. The van der Waals surface area contributed by atoms with Crippen molar-refractivity contribution >= 4 is 27.9 Å². The second-order valence-corrected chi connectivity index (χ2v) is 4.57. The zero-order valence-corrected chi connectivity index (χ0v) is 13.1. The van der Waals surface area contributed by atoms with Crippen molar-refractivity contribution in [2.75, 3.05) is 20.8 Å². The Balaban J connectivity index is 3.30. The summed E-state index contributed by atoms with van der Waals surface area (Å²) in [5.74, 6) is 0.685. The Morgan fingerprint density at radius 3 is 2.75 bits per heavy atom. The first-order valence-corrected chi connectivity index (χ1v) is 6.70. The number of amides is 1. The maximum Gasteiger partial charge on any atom is 0.261 e. The minimum atomic E-state index is -0.433. The van der Waals surface area contributed by atoms with Gasteiger partial charge in [-0.2, -0.15) is 5.26 Å². The molecule has 5 nitrogen and oxygen atoms in total. The third-order valence-corrected chi connectivity index (χ3v) is 3.03. The first kappa shape index (κ1) is 16.1. The normalized spacial score (nSPS) is 10.7. The number of hydrogen-bond donors (Lipinski definition) is 1. The van der Waals surface area contributed by atoms with E-state index in [0.29, 0.717) is 28.1 Å². The number of rotatable bonds is 5. The smallest absolute Gasteiger partial charge is 0.261 e. The molecule has 106 valence electrons. The number of methoxy groups -OCH3 is 1. The Bertz CT molecular complexity index is 577. The topological polar surface area (TPSA) is 71.3 Å². The van der Waals surface area contributed by atoms with Crippen LogP contribution in [-0.4, -0.2) is 26.7 Å². The molecule has 0 saturated carbocycles. The summed E-state index contributed by atoms with van der Waals surface area (Å²) in [6.45, 7) is 2.34. The highest BCUT2D eigenvalue weighted by Crippen LogP contribution is 2.37. The van der Waals surface area contributed by atoms with Crippen molar-refractivity contribution in [1.29, 1.82) is 5.26 Å². The largest absolute Gasteiger partial charge is 0.492 e. The fraction of sp³-hybridized carbons (Fsp3) is 0.286. The number of ether oxygens (including phenoxy) is 2. The fourth-order valence-electron chi connectivity index (χ4n) is 1.58. The number of nitrogens with zero attached hydrogens (tertiary/aromatic N) is 1. The molecule has 1 rings (SSSR count). The number of carbonyl (C=O) groups is 1. The zero-order valence-electron chi connectivity index (χ0n) is 11.5. The van der Waals surface area contributed by atoms with Crippen molar-refractivity contribution in [2.45, 2.75) is 6.92 Å². The molecule has 0 saturated heterocycles. The van der Waals surface area contributed by atoms with Gasteiger partial charge in [-0.05, 0) is 46.6 Å². The molecule has 1 aromatic rings. The van der Waals surface area contributed by atoms with E-state index in [1.54, 1.807) is 19.2 Å². The zero-order chi connectivity index (χ0) is 15.1. The van der Waals surface area contributed by atoms with Crippen LogP contribution in [0.5, 0.6) is 11.5 Å². The Kier molecular flexibility index (Phi) is 6.07. The van der Waals surface area contributed by atoms with E-state index in [2.05, 4.69) is 21.2 Å². The summed E-state index contributed by atoms with van der Waals surface area (Å²) in [7, 11) is 3.02. The number of halogens is 1. The molecule has 1 amide bonds. The monoisotopic (exact) mass is 338 g/mol. The van der Waals surface area contributed by atoms with E-state index < -0.39 is 5.91 Å². The molecule has 1 aromatic carbocycles.